The molecule has 0 saturated heterocycles. The van der Waals surface area contributed by atoms with E-state index in [-0.39, 0.29) is 0 Å². The average Bonchev–Trinajstić information content (AvgIpc) is 2.49. The zero-order valence-corrected chi connectivity index (χ0v) is 13.2. The van der Waals surface area contributed by atoms with Crippen molar-refractivity contribution < 1.29 is 0 Å². The summed E-state index contributed by atoms with van der Waals surface area (Å²) in [5.74, 6) is 0. The summed E-state index contributed by atoms with van der Waals surface area (Å²) < 4.78 is 0. The van der Waals surface area contributed by atoms with Gasteiger partial charge in [-0.2, -0.15) is 0 Å². The molecule has 2 rings (SSSR count). The number of allylic oxidation sites excluding steroid dienone is 2. The highest BCUT2D eigenvalue weighted by molar-refractivity contribution is 5.33. The van der Waals surface area contributed by atoms with Crippen molar-refractivity contribution in [2.75, 3.05) is 13.1 Å². The number of hydrogen-bond donors (Lipinski definition) is 0. The van der Waals surface area contributed by atoms with Crippen LogP contribution in [0.25, 0.3) is 0 Å². The van der Waals surface area contributed by atoms with Gasteiger partial charge in [0.1, 0.15) is 0 Å². The summed E-state index contributed by atoms with van der Waals surface area (Å²) in [5, 5.41) is 0. The Morgan fingerprint density at radius 2 is 2.00 bits per heavy atom. The van der Waals surface area contributed by atoms with Gasteiger partial charge in [0.25, 0.3) is 0 Å². The van der Waals surface area contributed by atoms with Gasteiger partial charge in [-0.3, -0.25) is 4.90 Å². The SMILES string of the molecule is C=C/C=C(\C=C)CN1CCc2cc(C)ccc2C1.CC. The van der Waals surface area contributed by atoms with Gasteiger partial charge < -0.3 is 0 Å². The molecule has 0 saturated carbocycles. The maximum Gasteiger partial charge on any atom is 0.0240 e. The molecule has 0 spiro atoms. The van der Waals surface area contributed by atoms with Gasteiger partial charge in [-0.25, -0.2) is 0 Å². The molecule has 0 N–H and O–H groups in total. The van der Waals surface area contributed by atoms with E-state index in [1.54, 1.807) is 0 Å². The van der Waals surface area contributed by atoms with Gasteiger partial charge in [0.2, 0.25) is 0 Å². The molecular weight excluding hydrogens is 242 g/mol. The molecule has 1 nitrogen and oxygen atoms in total. The van der Waals surface area contributed by atoms with Gasteiger partial charge in [0, 0.05) is 19.6 Å². The fourth-order valence-electron chi connectivity index (χ4n) is 2.47. The summed E-state index contributed by atoms with van der Waals surface area (Å²) in [4.78, 5) is 2.47. The fourth-order valence-corrected chi connectivity index (χ4v) is 2.47. The van der Waals surface area contributed by atoms with Crippen LogP contribution in [0.3, 0.4) is 0 Å². The standard InChI is InChI=1S/C17H21N.C2H6/c1-4-6-15(5-2)12-18-10-9-16-11-14(3)7-8-17(16)13-18;1-2/h4-8,11H,1-2,9-10,12-13H2,3H3;1-2H3/b15-6+;. The quantitative estimate of drug-likeness (QED) is 0.717. The van der Waals surface area contributed by atoms with Crippen LogP contribution in [0.4, 0.5) is 0 Å². The molecule has 1 heteroatoms. The van der Waals surface area contributed by atoms with Crippen molar-refractivity contribution in [1.29, 1.82) is 0 Å². The lowest BCUT2D eigenvalue weighted by Crippen LogP contribution is -2.31. The Kier molecular flexibility index (Phi) is 7.03. The van der Waals surface area contributed by atoms with E-state index in [0.717, 1.165) is 26.1 Å². The van der Waals surface area contributed by atoms with Crippen molar-refractivity contribution in [2.45, 2.75) is 33.7 Å². The van der Waals surface area contributed by atoms with Crippen LogP contribution in [0.5, 0.6) is 0 Å². The molecule has 0 radical (unpaired) electrons. The van der Waals surface area contributed by atoms with Crippen LogP contribution in [0, 0.1) is 6.92 Å². The Morgan fingerprint density at radius 1 is 1.25 bits per heavy atom. The minimum atomic E-state index is 0.961. The summed E-state index contributed by atoms with van der Waals surface area (Å²) in [6.45, 7) is 16.9. The first kappa shape index (κ1) is 16.5. The van der Waals surface area contributed by atoms with Crippen LogP contribution in [-0.4, -0.2) is 18.0 Å². The van der Waals surface area contributed by atoms with Gasteiger partial charge in [-0.15, -0.1) is 0 Å². The van der Waals surface area contributed by atoms with Gasteiger partial charge in [-0.1, -0.05) is 69.0 Å². The van der Waals surface area contributed by atoms with Crippen LogP contribution in [0.15, 0.2) is 55.2 Å². The molecule has 1 aromatic carbocycles. The van der Waals surface area contributed by atoms with E-state index in [2.05, 4.69) is 43.2 Å². The lowest BCUT2D eigenvalue weighted by molar-refractivity contribution is 0.277. The molecule has 0 unspecified atom stereocenters. The van der Waals surface area contributed by atoms with Crippen LogP contribution in [0.1, 0.15) is 30.5 Å². The number of fused-ring (bicyclic) bond motifs is 1. The third-order valence-electron chi connectivity index (χ3n) is 3.45. The number of benzene rings is 1. The van der Waals surface area contributed by atoms with Crippen molar-refractivity contribution in [3.05, 3.63) is 71.8 Å². The van der Waals surface area contributed by atoms with Gasteiger partial charge in [-0.05, 0) is 30.0 Å². The predicted octanol–water partition coefficient (Wildman–Crippen LogP) is 4.68. The molecule has 0 aromatic heterocycles. The summed E-state index contributed by atoms with van der Waals surface area (Å²) in [7, 11) is 0. The average molecular weight is 269 g/mol. The molecule has 108 valence electrons. The van der Waals surface area contributed by atoms with Gasteiger partial charge in [0.05, 0.1) is 0 Å². The zero-order chi connectivity index (χ0) is 15.0. The second kappa shape index (κ2) is 8.55. The van der Waals surface area contributed by atoms with Crippen LogP contribution in [-0.2, 0) is 13.0 Å². The van der Waals surface area contributed by atoms with E-state index in [4.69, 9.17) is 0 Å². The van der Waals surface area contributed by atoms with E-state index in [1.807, 2.05) is 32.1 Å². The van der Waals surface area contributed by atoms with Gasteiger partial charge >= 0.3 is 0 Å². The number of nitrogens with zero attached hydrogens (tertiary/aromatic N) is 1. The molecule has 0 atom stereocenters. The minimum Gasteiger partial charge on any atom is -0.294 e. The third kappa shape index (κ3) is 4.50. The molecule has 1 aliphatic heterocycles. The molecule has 0 fully saturated rings. The Bertz CT molecular complexity index is 483. The van der Waals surface area contributed by atoms with E-state index < -0.39 is 0 Å². The third-order valence-corrected chi connectivity index (χ3v) is 3.45. The maximum atomic E-state index is 3.86. The first-order chi connectivity index (χ1) is 9.72. The molecule has 20 heavy (non-hydrogen) atoms. The lowest BCUT2D eigenvalue weighted by Gasteiger charge is -2.29. The van der Waals surface area contributed by atoms with Crippen molar-refractivity contribution in [1.82, 2.24) is 4.90 Å². The van der Waals surface area contributed by atoms with Crippen LogP contribution < -0.4 is 0 Å². The van der Waals surface area contributed by atoms with E-state index in [9.17, 15) is 0 Å². The Morgan fingerprint density at radius 3 is 2.65 bits per heavy atom. The molecule has 0 bridgehead atoms. The first-order valence-corrected chi connectivity index (χ1v) is 7.47. The fraction of sp³-hybridized carbons (Fsp3) is 0.368. The minimum absolute atomic E-state index is 0.961. The Balaban J connectivity index is 0.000000956. The van der Waals surface area contributed by atoms with Crippen molar-refractivity contribution in [2.24, 2.45) is 0 Å². The van der Waals surface area contributed by atoms with Crippen molar-refractivity contribution >= 4 is 0 Å². The van der Waals surface area contributed by atoms with Crippen LogP contribution in [0.2, 0.25) is 0 Å². The highest BCUT2D eigenvalue weighted by atomic mass is 15.1. The zero-order valence-electron chi connectivity index (χ0n) is 13.2. The molecule has 1 aromatic rings. The Labute approximate surface area is 124 Å². The van der Waals surface area contributed by atoms with Gasteiger partial charge in [0.15, 0.2) is 0 Å². The molecule has 1 aliphatic rings. The predicted molar refractivity (Wildman–Crippen MR) is 90.0 cm³/mol. The second-order valence-corrected chi connectivity index (χ2v) is 4.91. The molecular formula is C19H27N. The maximum absolute atomic E-state index is 3.86. The molecule has 0 amide bonds. The summed E-state index contributed by atoms with van der Waals surface area (Å²) in [5.41, 5.74) is 5.58. The number of hydrogen-bond acceptors (Lipinski definition) is 1. The van der Waals surface area contributed by atoms with E-state index in [0.29, 0.717) is 0 Å². The molecule has 0 aliphatic carbocycles. The van der Waals surface area contributed by atoms with E-state index in [1.165, 1.54) is 22.3 Å². The second-order valence-electron chi connectivity index (χ2n) is 4.91. The van der Waals surface area contributed by atoms with Crippen LogP contribution >= 0.6 is 0 Å². The number of aryl methyl sites for hydroxylation is 1. The Hall–Kier alpha value is -1.60. The summed E-state index contributed by atoms with van der Waals surface area (Å²) in [6.07, 6.45) is 6.94. The topological polar surface area (TPSA) is 3.24 Å². The highest BCUT2D eigenvalue weighted by Gasteiger charge is 2.16. The molecule has 1 heterocycles. The monoisotopic (exact) mass is 269 g/mol. The highest BCUT2D eigenvalue weighted by Crippen LogP contribution is 2.20. The number of rotatable bonds is 4. The summed E-state index contributed by atoms with van der Waals surface area (Å²) in [6, 6.07) is 6.79. The largest absolute Gasteiger partial charge is 0.294 e. The van der Waals surface area contributed by atoms with E-state index >= 15 is 0 Å². The summed E-state index contributed by atoms with van der Waals surface area (Å²) >= 11 is 0. The smallest absolute Gasteiger partial charge is 0.0240 e. The van der Waals surface area contributed by atoms with Crippen molar-refractivity contribution in [3.8, 4) is 0 Å². The normalized spacial score (nSPS) is 14.8. The van der Waals surface area contributed by atoms with Crippen molar-refractivity contribution in [3.63, 3.8) is 0 Å². The lowest BCUT2D eigenvalue weighted by atomic mass is 9.97. The first-order valence-electron chi connectivity index (χ1n) is 7.47.